The van der Waals surface area contributed by atoms with Gasteiger partial charge in [-0.15, -0.1) is 19.8 Å². The maximum Gasteiger partial charge on any atom is 0.226 e. The van der Waals surface area contributed by atoms with Crippen LogP contribution >= 0.6 is 0 Å². The summed E-state index contributed by atoms with van der Waals surface area (Å²) in [4.78, 5) is 17.5. The molecule has 3 aromatic carbocycles. The van der Waals surface area contributed by atoms with Gasteiger partial charge in [0.1, 0.15) is 11.5 Å². The molecule has 5 aromatic rings. The lowest BCUT2D eigenvalue weighted by Crippen LogP contribution is -2.31. The molecule has 2 aromatic heterocycles. The lowest BCUT2D eigenvalue weighted by atomic mass is 9.82. The zero-order chi connectivity index (χ0) is 32.6. The Kier molecular flexibility index (Phi) is 9.85. The quantitative estimate of drug-likeness (QED) is 0.153. The van der Waals surface area contributed by atoms with Gasteiger partial charge in [-0.05, 0) is 113 Å². The number of carbonyl (C=O) groups is 1. The topological polar surface area (TPSA) is 173 Å². The van der Waals surface area contributed by atoms with E-state index in [2.05, 4.69) is 41.3 Å². The number of tetrazole rings is 2. The van der Waals surface area contributed by atoms with E-state index in [9.17, 15) is 15.0 Å². The van der Waals surface area contributed by atoms with Crippen molar-refractivity contribution in [2.24, 2.45) is 10.2 Å². The molecule has 0 saturated carbocycles. The van der Waals surface area contributed by atoms with Gasteiger partial charge in [-0.2, -0.15) is 10.2 Å². The van der Waals surface area contributed by atoms with Crippen LogP contribution in [0.3, 0.4) is 0 Å². The Morgan fingerprint density at radius 3 is 1.87 bits per heavy atom. The van der Waals surface area contributed by atoms with E-state index >= 15 is 0 Å². The predicted molar refractivity (Wildman–Crippen MR) is 172 cm³/mol. The molecule has 0 saturated heterocycles. The van der Waals surface area contributed by atoms with Crippen molar-refractivity contribution in [3.63, 3.8) is 0 Å². The maximum atomic E-state index is 13.1. The van der Waals surface area contributed by atoms with Gasteiger partial charge >= 0.3 is 0 Å². The molecule has 0 aliphatic carbocycles. The molecule has 14 heteroatoms. The van der Waals surface area contributed by atoms with Gasteiger partial charge in [-0.3, -0.25) is 4.79 Å². The van der Waals surface area contributed by atoms with Gasteiger partial charge in [0.15, 0.2) is 11.6 Å². The van der Waals surface area contributed by atoms with Crippen molar-refractivity contribution in [3.8, 4) is 11.5 Å². The first-order valence-electron chi connectivity index (χ1n) is 14.9. The molecule has 0 unspecified atom stereocenters. The summed E-state index contributed by atoms with van der Waals surface area (Å²) in [5.41, 5.74) is 3.85. The Morgan fingerprint density at radius 1 is 0.826 bits per heavy atom. The van der Waals surface area contributed by atoms with Crippen LogP contribution in [0, 0.1) is 13.8 Å². The summed E-state index contributed by atoms with van der Waals surface area (Å²) in [5.74, 6) is 0.439. The number of aromatic nitrogens is 8. The Morgan fingerprint density at radius 2 is 1.39 bits per heavy atom. The molecule has 2 heterocycles. The molecule has 236 valence electrons. The van der Waals surface area contributed by atoms with Crippen molar-refractivity contribution in [3.05, 3.63) is 100 Å². The number of phenolic OH excluding ortho intramolecular Hbond substituents is 2. The van der Waals surface area contributed by atoms with Crippen LogP contribution < -0.4 is 4.90 Å². The fourth-order valence-electron chi connectivity index (χ4n) is 5.05. The molecule has 0 atom stereocenters. The van der Waals surface area contributed by atoms with E-state index in [1.54, 1.807) is 67.6 Å². The van der Waals surface area contributed by atoms with Gasteiger partial charge in [0.2, 0.25) is 5.91 Å². The van der Waals surface area contributed by atoms with Crippen molar-refractivity contribution in [2.75, 3.05) is 11.4 Å². The number of aryl methyl sites for hydroxylation is 2. The number of benzene rings is 3. The lowest BCUT2D eigenvalue weighted by Gasteiger charge is -2.26. The van der Waals surface area contributed by atoms with Crippen molar-refractivity contribution < 1.29 is 15.0 Å². The van der Waals surface area contributed by atoms with Crippen molar-refractivity contribution in [1.29, 1.82) is 0 Å². The monoisotopic (exact) mass is 621 g/mol. The summed E-state index contributed by atoms with van der Waals surface area (Å²) in [7, 11) is 0. The number of hydrogen-bond donors (Lipinski definition) is 2. The van der Waals surface area contributed by atoms with Crippen LogP contribution in [0.2, 0.25) is 0 Å². The largest absolute Gasteiger partial charge is 0.508 e. The van der Waals surface area contributed by atoms with Gasteiger partial charge in [-0.25, -0.2) is 0 Å². The number of anilines is 1. The van der Waals surface area contributed by atoms with E-state index in [4.69, 9.17) is 0 Å². The molecule has 0 aliphatic heterocycles. The van der Waals surface area contributed by atoms with Crippen molar-refractivity contribution in [2.45, 2.75) is 52.9 Å². The van der Waals surface area contributed by atoms with Crippen LogP contribution in [-0.2, 0) is 4.79 Å². The normalized spacial score (nSPS) is 11.7. The van der Waals surface area contributed by atoms with E-state index in [0.29, 0.717) is 46.9 Å². The van der Waals surface area contributed by atoms with Crippen molar-refractivity contribution in [1.82, 2.24) is 40.6 Å². The van der Waals surface area contributed by atoms with Crippen LogP contribution in [0.4, 0.5) is 5.69 Å². The third-order valence-corrected chi connectivity index (χ3v) is 7.29. The first-order valence-corrected chi connectivity index (χ1v) is 14.9. The molecule has 0 fully saturated rings. The Labute approximate surface area is 265 Å². The highest BCUT2D eigenvalue weighted by Crippen LogP contribution is 2.42. The highest BCUT2D eigenvalue weighted by Gasteiger charge is 2.25. The van der Waals surface area contributed by atoms with Gasteiger partial charge in [-0.1, -0.05) is 26.0 Å². The Balaban J connectivity index is 1.65. The molecular formula is C32H35N11O3. The number of carbonyl (C=O) groups excluding carboxylic acids is 1. The number of hydrogen-bond acceptors (Lipinski definition) is 11. The molecular weight excluding hydrogens is 586 g/mol. The summed E-state index contributed by atoms with van der Waals surface area (Å²) < 4.78 is 0. The number of amides is 1. The number of phenols is 2. The first kappa shape index (κ1) is 31.6. The van der Waals surface area contributed by atoms with Crippen molar-refractivity contribution >= 4 is 24.0 Å². The average molecular weight is 622 g/mol. The van der Waals surface area contributed by atoms with E-state index < -0.39 is 5.92 Å². The Hall–Kier alpha value is -5.79. The number of rotatable bonds is 12. The zero-order valence-corrected chi connectivity index (χ0v) is 26.1. The molecule has 2 N–H and O–H groups in total. The van der Waals surface area contributed by atoms with E-state index in [-0.39, 0.29) is 17.4 Å². The molecule has 0 radical (unpaired) electrons. The molecule has 14 nitrogen and oxygen atoms in total. The third kappa shape index (κ3) is 7.12. The van der Waals surface area contributed by atoms with Gasteiger partial charge in [0.05, 0.1) is 12.4 Å². The summed E-state index contributed by atoms with van der Waals surface area (Å²) in [5, 5.41) is 53.9. The van der Waals surface area contributed by atoms with E-state index in [1.165, 1.54) is 9.58 Å². The fraction of sp³-hybridized carbons (Fsp3) is 0.281. The molecule has 1 amide bonds. The molecule has 5 rings (SSSR count). The fourth-order valence-corrected chi connectivity index (χ4v) is 5.05. The zero-order valence-electron chi connectivity index (χ0n) is 26.1. The number of nitrogens with zero attached hydrogens (tertiary/aromatic N) is 11. The highest BCUT2D eigenvalue weighted by atomic mass is 16.3. The maximum absolute atomic E-state index is 13.1. The second-order valence-corrected chi connectivity index (χ2v) is 10.7. The smallest absolute Gasteiger partial charge is 0.226 e. The second-order valence-electron chi connectivity index (χ2n) is 10.7. The van der Waals surface area contributed by atoms with E-state index in [0.717, 1.165) is 24.1 Å². The first-order chi connectivity index (χ1) is 22.3. The number of aromatic hydroxyl groups is 2. The molecule has 46 heavy (non-hydrogen) atoms. The van der Waals surface area contributed by atoms with E-state index in [1.807, 2.05) is 38.1 Å². The summed E-state index contributed by atoms with van der Waals surface area (Å²) in [6.45, 7) is 8.04. The molecule has 0 aliphatic rings. The minimum atomic E-state index is -0.657. The second kappa shape index (κ2) is 14.3. The average Bonchev–Trinajstić information content (AvgIpc) is 3.67. The highest BCUT2D eigenvalue weighted by molar-refractivity contribution is 5.93. The minimum Gasteiger partial charge on any atom is -0.508 e. The summed E-state index contributed by atoms with van der Waals surface area (Å²) >= 11 is 0. The Bertz CT molecular complexity index is 1780. The van der Waals surface area contributed by atoms with Gasteiger partial charge < -0.3 is 15.1 Å². The summed E-state index contributed by atoms with van der Waals surface area (Å²) in [6.07, 6.45) is 5.13. The van der Waals surface area contributed by atoms with Gasteiger partial charge in [0.25, 0.3) is 0 Å². The molecule has 0 spiro atoms. The van der Waals surface area contributed by atoms with Crippen LogP contribution in [0.1, 0.15) is 78.5 Å². The van der Waals surface area contributed by atoms with Crippen LogP contribution in [0.25, 0.3) is 0 Å². The van der Waals surface area contributed by atoms with Crippen LogP contribution in [-0.4, -0.2) is 75.7 Å². The third-order valence-electron chi connectivity index (χ3n) is 7.29. The molecule has 0 bridgehead atoms. The standard InChI is InChI=1S/C32H35N11O3/c1-5-8-31(46)41(15-6-2)26-10-7-9-25(18-26)32(27-16-23(11-13-29(27)44)19-33-42-21(3)35-37-39-42)28-17-24(12-14-30(28)45)20-34-43-22(4)36-38-40-43/h7,9-14,16-20,32,44-45H,5-6,8,15H2,1-4H3/b33-19+,34-20+. The predicted octanol–water partition coefficient (Wildman–Crippen LogP) is 4.18. The summed E-state index contributed by atoms with van der Waals surface area (Å²) in [6, 6.07) is 17.8. The minimum absolute atomic E-state index is 0.0152. The SMILES string of the molecule is CCCC(=O)N(CCC)c1cccc(C(c2cc(/C=N/n3nnnc3C)ccc2O)c2cc(/C=N/n3nnnc3C)ccc2O)c1. The van der Waals surface area contributed by atoms with Crippen LogP contribution in [0.15, 0.2) is 70.9 Å². The van der Waals surface area contributed by atoms with Gasteiger partial charge in [0, 0.05) is 35.7 Å². The van der Waals surface area contributed by atoms with Crippen LogP contribution in [0.5, 0.6) is 11.5 Å². The lowest BCUT2D eigenvalue weighted by molar-refractivity contribution is -0.118.